The van der Waals surface area contributed by atoms with Gasteiger partial charge in [-0.2, -0.15) is 0 Å². The fraction of sp³-hybridized carbons (Fsp3) is 1.00. The van der Waals surface area contributed by atoms with E-state index in [9.17, 15) is 28.4 Å². The first-order valence-electron chi connectivity index (χ1n) is 16.8. The molecule has 9 nitrogen and oxygen atoms in total. The van der Waals surface area contributed by atoms with E-state index in [1.807, 2.05) is 0 Å². The van der Waals surface area contributed by atoms with Crippen molar-refractivity contribution in [1.82, 2.24) is 0 Å². The molecule has 0 aromatic heterocycles. The minimum atomic E-state index is -2.94. The SMILES string of the molecule is CCCCCCCCCCO[PH](=O)[O-].CCCCCCCCCCO[PH](=O)[O-].CCCCCCCCCCO[PH](=O)[O-].[Cr+3]. The zero-order chi connectivity index (χ0) is 31.9. The molecule has 0 N–H and O–H groups in total. The average Bonchev–Trinajstić information content (AvgIpc) is 2.95. The van der Waals surface area contributed by atoms with E-state index in [2.05, 4.69) is 34.3 Å². The summed E-state index contributed by atoms with van der Waals surface area (Å²) in [5, 5.41) is 0. The first-order chi connectivity index (χ1) is 20.3. The average molecular weight is 716 g/mol. The fourth-order valence-corrected chi connectivity index (χ4v) is 5.11. The molecule has 43 heavy (non-hydrogen) atoms. The van der Waals surface area contributed by atoms with Gasteiger partial charge in [0.05, 0.1) is 19.8 Å². The van der Waals surface area contributed by atoms with Crippen molar-refractivity contribution in [1.29, 1.82) is 0 Å². The topological polar surface area (TPSA) is 148 Å². The normalized spacial score (nSPS) is 12.7. The first kappa shape index (κ1) is 50.8. The Bertz CT molecular complexity index is 501. The van der Waals surface area contributed by atoms with Crippen molar-refractivity contribution in [3.63, 3.8) is 0 Å². The molecule has 13 heteroatoms. The van der Waals surface area contributed by atoms with Crippen LogP contribution in [0.3, 0.4) is 0 Å². The van der Waals surface area contributed by atoms with E-state index in [-0.39, 0.29) is 17.4 Å². The van der Waals surface area contributed by atoms with Gasteiger partial charge >= 0.3 is 17.4 Å². The van der Waals surface area contributed by atoms with Gasteiger partial charge in [0, 0.05) is 0 Å². The van der Waals surface area contributed by atoms with E-state index in [1.54, 1.807) is 0 Å². The van der Waals surface area contributed by atoms with Crippen molar-refractivity contribution >= 4 is 24.8 Å². The van der Waals surface area contributed by atoms with Gasteiger partial charge in [0.25, 0.3) is 0 Å². The third-order valence-corrected chi connectivity index (χ3v) is 7.97. The second kappa shape index (κ2) is 47.4. The standard InChI is InChI=1S/3C10H23O3P.Cr/c3*1-2-3-4-5-6-7-8-9-10-13-14(11)12;/h3*14H,2-10H2,1H3,(H,11,12);/q;;;+3/p-3. The van der Waals surface area contributed by atoms with Crippen molar-refractivity contribution in [3.8, 4) is 0 Å². The molecule has 0 rings (SSSR count). The molecule has 0 aliphatic rings. The Hall–Kier alpha value is 0.982. The number of rotatable bonds is 30. The van der Waals surface area contributed by atoms with E-state index in [0.29, 0.717) is 19.8 Å². The van der Waals surface area contributed by atoms with Gasteiger partial charge in [-0.25, -0.2) is 0 Å². The van der Waals surface area contributed by atoms with Crippen LogP contribution in [0.5, 0.6) is 0 Å². The van der Waals surface area contributed by atoms with Gasteiger partial charge in [-0.1, -0.05) is 156 Å². The molecule has 261 valence electrons. The van der Waals surface area contributed by atoms with E-state index in [1.165, 1.54) is 116 Å². The van der Waals surface area contributed by atoms with Crippen LogP contribution < -0.4 is 14.7 Å². The molecule has 0 aliphatic heterocycles. The molecule has 0 saturated heterocycles. The predicted octanol–water partition coefficient (Wildman–Crippen LogP) is 8.68. The molecule has 1 radical (unpaired) electrons. The van der Waals surface area contributed by atoms with Crippen LogP contribution in [0.25, 0.3) is 0 Å². The van der Waals surface area contributed by atoms with Crippen LogP contribution >= 0.6 is 24.8 Å². The largest absolute Gasteiger partial charge is 3.00 e. The van der Waals surface area contributed by atoms with Gasteiger partial charge in [-0.15, -0.1) is 0 Å². The summed E-state index contributed by atoms with van der Waals surface area (Å²) in [6.45, 7) is 7.75. The predicted molar refractivity (Wildman–Crippen MR) is 173 cm³/mol. The van der Waals surface area contributed by atoms with Crippen molar-refractivity contribution in [2.75, 3.05) is 19.8 Å². The van der Waals surface area contributed by atoms with Crippen LogP contribution in [-0.2, 0) is 44.6 Å². The van der Waals surface area contributed by atoms with Crippen LogP contribution in [-0.4, -0.2) is 19.8 Å². The third-order valence-electron chi connectivity index (χ3n) is 6.65. The maximum atomic E-state index is 10.1. The second-order valence-corrected chi connectivity index (χ2v) is 13.1. The summed E-state index contributed by atoms with van der Waals surface area (Å²) < 4.78 is 43.6. The molecule has 0 fully saturated rings. The number of hydrogen-bond acceptors (Lipinski definition) is 9. The number of unbranched alkanes of at least 4 members (excludes halogenated alkanes) is 21. The van der Waals surface area contributed by atoms with Gasteiger partial charge in [0.2, 0.25) is 0 Å². The molecular weight excluding hydrogens is 649 g/mol. The summed E-state index contributed by atoms with van der Waals surface area (Å²) in [7, 11) is -8.82. The minimum Gasteiger partial charge on any atom is -0.781 e. The van der Waals surface area contributed by atoms with Crippen molar-refractivity contribution in [2.45, 2.75) is 175 Å². The molecule has 0 aromatic rings. The molecule has 0 heterocycles. The Labute approximate surface area is 278 Å². The maximum Gasteiger partial charge on any atom is 3.00 e. The molecule has 3 unspecified atom stereocenters. The summed E-state index contributed by atoms with van der Waals surface area (Å²) in [4.78, 5) is 30.2. The Kier molecular flexibility index (Phi) is 56.0. The van der Waals surface area contributed by atoms with E-state index in [0.717, 1.165) is 38.5 Å². The molecule has 3 atom stereocenters. The van der Waals surface area contributed by atoms with Crippen LogP contribution in [0.15, 0.2) is 0 Å². The Morgan fingerprint density at radius 3 is 0.674 bits per heavy atom. The van der Waals surface area contributed by atoms with E-state index >= 15 is 0 Å². The van der Waals surface area contributed by atoms with Crippen molar-refractivity contribution in [3.05, 3.63) is 0 Å². The molecule has 0 aliphatic carbocycles. The summed E-state index contributed by atoms with van der Waals surface area (Å²) in [6, 6.07) is 0. The molecule has 0 spiro atoms. The maximum absolute atomic E-state index is 10.1. The monoisotopic (exact) mass is 715 g/mol. The molecule has 0 aromatic carbocycles. The van der Waals surface area contributed by atoms with Gasteiger partial charge in [-0.3, -0.25) is 0 Å². The van der Waals surface area contributed by atoms with Crippen molar-refractivity contribution < 1.29 is 59.3 Å². The third kappa shape index (κ3) is 62.5. The van der Waals surface area contributed by atoms with Crippen LogP contribution in [0.1, 0.15) is 175 Å². The Morgan fingerprint density at radius 1 is 0.349 bits per heavy atom. The summed E-state index contributed by atoms with van der Waals surface area (Å²) in [5.74, 6) is 0. The van der Waals surface area contributed by atoms with Crippen molar-refractivity contribution in [2.24, 2.45) is 0 Å². The van der Waals surface area contributed by atoms with Gasteiger partial charge in [0.1, 0.15) is 24.8 Å². The first-order valence-corrected chi connectivity index (χ1v) is 20.5. The van der Waals surface area contributed by atoms with Gasteiger partial charge in [-0.05, 0) is 19.3 Å². The zero-order valence-electron chi connectivity index (χ0n) is 27.7. The second-order valence-electron chi connectivity index (χ2n) is 10.7. The molecule has 0 saturated carbocycles. The summed E-state index contributed by atoms with van der Waals surface area (Å²) >= 11 is 0. The summed E-state index contributed by atoms with van der Waals surface area (Å²) in [6.07, 6.45) is 29.1. The van der Waals surface area contributed by atoms with E-state index < -0.39 is 24.8 Å². The zero-order valence-corrected chi connectivity index (χ0v) is 31.9. The smallest absolute Gasteiger partial charge is 0.781 e. The number of hydrogen-bond donors (Lipinski definition) is 0. The van der Waals surface area contributed by atoms with Gasteiger partial charge < -0.3 is 41.9 Å². The van der Waals surface area contributed by atoms with E-state index in [4.69, 9.17) is 0 Å². The molecule has 0 bridgehead atoms. The fourth-order valence-electron chi connectivity index (χ4n) is 4.17. The minimum absolute atomic E-state index is 0. The Balaban J connectivity index is -0.000000262. The molecule has 0 amide bonds. The quantitative estimate of drug-likeness (QED) is 0.0526. The van der Waals surface area contributed by atoms with Crippen LogP contribution in [0.4, 0.5) is 0 Å². The summed E-state index contributed by atoms with van der Waals surface area (Å²) in [5.41, 5.74) is 0. The van der Waals surface area contributed by atoms with Crippen LogP contribution in [0.2, 0.25) is 0 Å². The molecular formula is C30H66CrO9P3. The van der Waals surface area contributed by atoms with Crippen LogP contribution in [0, 0.1) is 0 Å². The van der Waals surface area contributed by atoms with Gasteiger partial charge in [0.15, 0.2) is 0 Å². The Morgan fingerprint density at radius 2 is 0.512 bits per heavy atom.